The quantitative estimate of drug-likeness (QED) is 0.693. The van der Waals surface area contributed by atoms with E-state index in [2.05, 4.69) is 15.4 Å². The lowest BCUT2D eigenvalue weighted by Gasteiger charge is -2.07. The van der Waals surface area contributed by atoms with Crippen LogP contribution in [-0.2, 0) is 19.1 Å². The minimum Gasteiger partial charge on any atom is -0.480 e. The molecule has 1 rings (SSSR count). The predicted molar refractivity (Wildman–Crippen MR) is 72.4 cm³/mol. The molecule has 0 aliphatic rings. The fourth-order valence-corrected chi connectivity index (χ4v) is 1.31. The highest BCUT2D eigenvalue weighted by atomic mass is 16.5. The zero-order chi connectivity index (χ0) is 15.0. The third kappa shape index (κ3) is 5.96. The van der Waals surface area contributed by atoms with Gasteiger partial charge >= 0.3 is 5.97 Å². The minimum atomic E-state index is -1.13. The van der Waals surface area contributed by atoms with Crippen molar-refractivity contribution in [3.63, 3.8) is 0 Å². The molecule has 20 heavy (non-hydrogen) atoms. The molecular weight excluding hydrogens is 264 g/mol. The number of rotatable bonds is 7. The first-order valence-electron chi connectivity index (χ1n) is 6.00. The third-order valence-electron chi connectivity index (χ3n) is 2.23. The van der Waals surface area contributed by atoms with Crippen LogP contribution in [0.1, 0.15) is 13.3 Å². The molecule has 0 saturated carbocycles. The van der Waals surface area contributed by atoms with Crippen LogP contribution in [0.15, 0.2) is 24.3 Å². The number of carboxylic acid groups (broad SMARTS) is 1. The second-order valence-electron chi connectivity index (χ2n) is 3.91. The van der Waals surface area contributed by atoms with Crippen molar-refractivity contribution in [2.45, 2.75) is 13.3 Å². The Morgan fingerprint density at radius 3 is 1.95 bits per heavy atom. The normalized spacial score (nSPS) is 9.85. The number of amides is 2. The summed E-state index contributed by atoms with van der Waals surface area (Å²) in [6, 6.07) is 6.56. The Kier molecular flexibility index (Phi) is 6.18. The van der Waals surface area contributed by atoms with Gasteiger partial charge in [-0.3, -0.25) is 9.59 Å². The van der Waals surface area contributed by atoms with Crippen molar-refractivity contribution in [2.75, 3.05) is 23.8 Å². The SMILES string of the molecule is CCC(=O)Nc1ccc(NC(=O)COCC(=O)O)cc1. The maximum absolute atomic E-state index is 11.4. The molecule has 0 spiro atoms. The van der Waals surface area contributed by atoms with Crippen LogP contribution >= 0.6 is 0 Å². The van der Waals surface area contributed by atoms with Crippen molar-refractivity contribution in [1.82, 2.24) is 0 Å². The molecule has 0 atom stereocenters. The summed E-state index contributed by atoms with van der Waals surface area (Å²) in [7, 11) is 0. The van der Waals surface area contributed by atoms with Gasteiger partial charge < -0.3 is 20.5 Å². The van der Waals surface area contributed by atoms with E-state index >= 15 is 0 Å². The molecule has 1 aromatic carbocycles. The molecule has 0 aliphatic carbocycles. The summed E-state index contributed by atoms with van der Waals surface area (Å²) in [6.07, 6.45) is 0.388. The van der Waals surface area contributed by atoms with Crippen LogP contribution in [-0.4, -0.2) is 36.1 Å². The first-order chi connectivity index (χ1) is 9.51. The highest BCUT2D eigenvalue weighted by Crippen LogP contribution is 2.13. The van der Waals surface area contributed by atoms with Crippen molar-refractivity contribution >= 4 is 29.2 Å². The lowest BCUT2D eigenvalue weighted by molar-refractivity contribution is -0.143. The molecular formula is C13H16N2O5. The van der Waals surface area contributed by atoms with Gasteiger partial charge in [0.25, 0.3) is 0 Å². The fraction of sp³-hybridized carbons (Fsp3) is 0.308. The summed E-state index contributed by atoms with van der Waals surface area (Å²) in [4.78, 5) is 32.8. The number of benzene rings is 1. The van der Waals surface area contributed by atoms with Gasteiger partial charge in [-0.05, 0) is 24.3 Å². The largest absolute Gasteiger partial charge is 0.480 e. The molecule has 0 heterocycles. The number of carbonyl (C=O) groups is 3. The molecule has 0 bridgehead atoms. The fourth-order valence-electron chi connectivity index (χ4n) is 1.31. The van der Waals surface area contributed by atoms with Gasteiger partial charge in [0.15, 0.2) is 0 Å². The van der Waals surface area contributed by atoms with E-state index in [1.807, 2.05) is 0 Å². The number of hydrogen-bond donors (Lipinski definition) is 3. The number of anilines is 2. The molecule has 0 aliphatic heterocycles. The van der Waals surface area contributed by atoms with E-state index in [4.69, 9.17) is 5.11 Å². The van der Waals surface area contributed by atoms with Crippen LogP contribution in [0.5, 0.6) is 0 Å². The molecule has 2 amide bonds. The third-order valence-corrected chi connectivity index (χ3v) is 2.23. The monoisotopic (exact) mass is 280 g/mol. The van der Waals surface area contributed by atoms with Gasteiger partial charge in [-0.1, -0.05) is 6.92 Å². The standard InChI is InChI=1S/C13H16N2O5/c1-2-11(16)14-9-3-5-10(6-4-9)15-12(17)7-20-8-13(18)19/h3-6H,2,7-8H2,1H3,(H,14,16)(H,15,17)(H,18,19). The van der Waals surface area contributed by atoms with Crippen LogP contribution in [0.4, 0.5) is 11.4 Å². The van der Waals surface area contributed by atoms with Crippen LogP contribution in [0, 0.1) is 0 Å². The van der Waals surface area contributed by atoms with Gasteiger partial charge in [0.2, 0.25) is 11.8 Å². The van der Waals surface area contributed by atoms with E-state index in [9.17, 15) is 14.4 Å². The highest BCUT2D eigenvalue weighted by molar-refractivity contribution is 5.93. The zero-order valence-corrected chi connectivity index (χ0v) is 11.0. The second-order valence-corrected chi connectivity index (χ2v) is 3.91. The minimum absolute atomic E-state index is 0.0937. The lowest BCUT2D eigenvalue weighted by Crippen LogP contribution is -2.20. The lowest BCUT2D eigenvalue weighted by atomic mass is 10.2. The Hall–Kier alpha value is -2.41. The van der Waals surface area contributed by atoms with Crippen LogP contribution in [0.25, 0.3) is 0 Å². The molecule has 7 heteroatoms. The topological polar surface area (TPSA) is 105 Å². The van der Waals surface area contributed by atoms with Gasteiger partial charge in [-0.15, -0.1) is 0 Å². The van der Waals surface area contributed by atoms with Crippen molar-refractivity contribution < 1.29 is 24.2 Å². The first kappa shape index (κ1) is 15.6. The zero-order valence-electron chi connectivity index (χ0n) is 11.0. The Balaban J connectivity index is 2.42. The van der Waals surface area contributed by atoms with E-state index in [1.165, 1.54) is 0 Å². The van der Waals surface area contributed by atoms with Crippen LogP contribution in [0.3, 0.4) is 0 Å². The number of carboxylic acids is 1. The maximum atomic E-state index is 11.4. The van der Waals surface area contributed by atoms with Crippen molar-refractivity contribution in [2.24, 2.45) is 0 Å². The summed E-state index contributed by atoms with van der Waals surface area (Å²) < 4.78 is 4.65. The van der Waals surface area contributed by atoms with Crippen molar-refractivity contribution in [1.29, 1.82) is 0 Å². The molecule has 3 N–H and O–H groups in total. The molecule has 0 saturated heterocycles. The maximum Gasteiger partial charge on any atom is 0.329 e. The van der Waals surface area contributed by atoms with Gasteiger partial charge in [-0.2, -0.15) is 0 Å². The van der Waals surface area contributed by atoms with Gasteiger partial charge in [0, 0.05) is 17.8 Å². The number of carbonyl (C=O) groups excluding carboxylic acids is 2. The molecule has 0 radical (unpaired) electrons. The average molecular weight is 280 g/mol. The summed E-state index contributed by atoms with van der Waals surface area (Å²) in [5.41, 5.74) is 1.17. The van der Waals surface area contributed by atoms with Crippen molar-refractivity contribution in [3.05, 3.63) is 24.3 Å². The molecule has 0 fully saturated rings. The molecule has 7 nitrogen and oxygen atoms in total. The van der Waals surface area contributed by atoms with E-state index in [0.717, 1.165) is 0 Å². The Morgan fingerprint density at radius 1 is 1.00 bits per heavy atom. The smallest absolute Gasteiger partial charge is 0.329 e. The summed E-state index contributed by atoms with van der Waals surface area (Å²) in [5, 5.41) is 13.6. The average Bonchev–Trinajstić information content (AvgIpc) is 2.40. The second kappa shape index (κ2) is 7.90. The van der Waals surface area contributed by atoms with Gasteiger partial charge in [0.1, 0.15) is 13.2 Å². The Bertz CT molecular complexity index is 484. The predicted octanol–water partition coefficient (Wildman–Crippen LogP) is 1.07. The molecule has 108 valence electrons. The molecule has 0 unspecified atom stereocenters. The Morgan fingerprint density at radius 2 is 1.50 bits per heavy atom. The highest BCUT2D eigenvalue weighted by Gasteiger charge is 2.05. The van der Waals surface area contributed by atoms with E-state index in [0.29, 0.717) is 17.8 Å². The van der Waals surface area contributed by atoms with Gasteiger partial charge in [0.05, 0.1) is 0 Å². The van der Waals surface area contributed by atoms with Crippen LogP contribution < -0.4 is 10.6 Å². The van der Waals surface area contributed by atoms with E-state index in [1.54, 1.807) is 31.2 Å². The first-order valence-corrected chi connectivity index (χ1v) is 6.00. The number of hydrogen-bond acceptors (Lipinski definition) is 4. The number of nitrogens with one attached hydrogen (secondary N) is 2. The number of aliphatic carboxylic acids is 1. The van der Waals surface area contributed by atoms with E-state index in [-0.39, 0.29) is 12.5 Å². The summed E-state index contributed by atoms with van der Waals surface area (Å²) in [5.74, 6) is -1.67. The molecule has 1 aromatic rings. The molecule has 0 aromatic heterocycles. The summed E-state index contributed by atoms with van der Waals surface area (Å²) in [6.45, 7) is 0.900. The number of ether oxygens (including phenoxy) is 1. The van der Waals surface area contributed by atoms with Crippen molar-refractivity contribution in [3.8, 4) is 0 Å². The van der Waals surface area contributed by atoms with Crippen LogP contribution in [0.2, 0.25) is 0 Å². The van der Waals surface area contributed by atoms with E-state index < -0.39 is 18.5 Å². The Labute approximate surface area is 115 Å². The van der Waals surface area contributed by atoms with Gasteiger partial charge in [-0.25, -0.2) is 4.79 Å². The summed E-state index contributed by atoms with van der Waals surface area (Å²) >= 11 is 0.